The van der Waals surface area contributed by atoms with Crippen LogP contribution in [0.2, 0.25) is 0 Å². The molecule has 0 saturated heterocycles. The summed E-state index contributed by atoms with van der Waals surface area (Å²) in [5.74, 6) is 0.754. The Hall–Kier alpha value is -1.32. The predicted octanol–water partition coefficient (Wildman–Crippen LogP) is 1.51. The zero-order valence-corrected chi connectivity index (χ0v) is 8.07. The van der Waals surface area contributed by atoms with Crippen LogP contribution in [0.3, 0.4) is 0 Å². The van der Waals surface area contributed by atoms with Crippen molar-refractivity contribution in [1.29, 1.82) is 0 Å². The van der Waals surface area contributed by atoms with E-state index in [1.165, 1.54) is 13.2 Å². The molecule has 1 atom stereocenters. The van der Waals surface area contributed by atoms with E-state index in [0.717, 1.165) is 0 Å². The fraction of sp³-hybridized carbons (Fsp3) is 0.556. The molecule has 0 aliphatic rings. The Morgan fingerprint density at radius 3 is 2.69 bits per heavy atom. The summed E-state index contributed by atoms with van der Waals surface area (Å²) in [6, 6.07) is -0.132. The molecule has 1 heterocycles. The van der Waals surface area contributed by atoms with Crippen LogP contribution in [0.4, 0.5) is 0 Å². The van der Waals surface area contributed by atoms with E-state index in [1.54, 1.807) is 6.20 Å². The van der Waals surface area contributed by atoms with Crippen molar-refractivity contribution in [3.8, 4) is 0 Å². The van der Waals surface area contributed by atoms with Gasteiger partial charge in [0, 0.05) is 6.92 Å². The summed E-state index contributed by atoms with van der Waals surface area (Å²) >= 11 is 0. The van der Waals surface area contributed by atoms with Crippen molar-refractivity contribution >= 4 is 5.91 Å². The minimum absolute atomic E-state index is 0.0723. The van der Waals surface area contributed by atoms with Crippen molar-refractivity contribution < 1.29 is 9.21 Å². The molecule has 1 amide bonds. The molecule has 1 aromatic heterocycles. The Bertz CT molecular complexity index is 267. The summed E-state index contributed by atoms with van der Waals surface area (Å²) in [4.78, 5) is 14.9. The SMILES string of the molecule is CC(=O)NC(c1ncco1)C(C)C. The Morgan fingerprint density at radius 1 is 1.62 bits per heavy atom. The molecule has 4 heteroatoms. The Labute approximate surface area is 77.3 Å². The summed E-state index contributed by atoms with van der Waals surface area (Å²) < 4.78 is 5.13. The van der Waals surface area contributed by atoms with Crippen LogP contribution in [-0.4, -0.2) is 10.9 Å². The molecule has 1 aromatic rings. The molecular formula is C9H14N2O2. The Morgan fingerprint density at radius 2 is 2.31 bits per heavy atom. The number of carbonyl (C=O) groups is 1. The molecule has 0 saturated carbocycles. The third-order valence-corrected chi connectivity index (χ3v) is 1.74. The predicted molar refractivity (Wildman–Crippen MR) is 47.9 cm³/mol. The number of oxazole rings is 1. The Balaban J connectivity index is 2.74. The average molecular weight is 182 g/mol. The molecule has 13 heavy (non-hydrogen) atoms. The molecule has 1 unspecified atom stereocenters. The van der Waals surface area contributed by atoms with Gasteiger partial charge < -0.3 is 9.73 Å². The van der Waals surface area contributed by atoms with Gasteiger partial charge in [0.15, 0.2) is 0 Å². The van der Waals surface area contributed by atoms with Gasteiger partial charge in [-0.05, 0) is 5.92 Å². The number of hydrogen-bond acceptors (Lipinski definition) is 3. The summed E-state index contributed by atoms with van der Waals surface area (Å²) in [5, 5.41) is 2.79. The van der Waals surface area contributed by atoms with Crippen LogP contribution in [0.5, 0.6) is 0 Å². The second-order valence-electron chi connectivity index (χ2n) is 3.29. The molecule has 1 rings (SSSR count). The highest BCUT2D eigenvalue weighted by Crippen LogP contribution is 2.19. The van der Waals surface area contributed by atoms with Crippen molar-refractivity contribution in [2.75, 3.05) is 0 Å². The molecule has 0 bridgehead atoms. The van der Waals surface area contributed by atoms with Crippen molar-refractivity contribution in [3.05, 3.63) is 18.4 Å². The number of amides is 1. The standard InChI is InChI=1S/C9H14N2O2/c1-6(2)8(11-7(3)12)9-10-4-5-13-9/h4-6,8H,1-3H3,(H,11,12). The van der Waals surface area contributed by atoms with Gasteiger partial charge >= 0.3 is 0 Å². The molecule has 1 N–H and O–H groups in total. The first-order valence-corrected chi connectivity index (χ1v) is 4.27. The van der Waals surface area contributed by atoms with Crippen LogP contribution in [0.25, 0.3) is 0 Å². The zero-order chi connectivity index (χ0) is 9.84. The van der Waals surface area contributed by atoms with Gasteiger partial charge in [-0.2, -0.15) is 0 Å². The first kappa shape index (κ1) is 9.77. The maximum absolute atomic E-state index is 10.9. The smallest absolute Gasteiger partial charge is 0.217 e. The molecule has 0 radical (unpaired) electrons. The number of hydrogen-bond donors (Lipinski definition) is 1. The number of rotatable bonds is 3. The first-order chi connectivity index (χ1) is 6.11. The van der Waals surface area contributed by atoms with E-state index in [9.17, 15) is 4.79 Å². The molecule has 0 fully saturated rings. The molecule has 0 spiro atoms. The third kappa shape index (κ3) is 2.57. The summed E-state index contributed by atoms with van der Waals surface area (Å²) in [7, 11) is 0. The van der Waals surface area contributed by atoms with Crippen LogP contribution in [0.1, 0.15) is 32.7 Å². The molecule has 0 aromatic carbocycles. The molecule has 72 valence electrons. The maximum Gasteiger partial charge on any atom is 0.217 e. The van der Waals surface area contributed by atoms with E-state index < -0.39 is 0 Å². The largest absolute Gasteiger partial charge is 0.447 e. The number of carbonyl (C=O) groups excluding carboxylic acids is 1. The van der Waals surface area contributed by atoms with Crippen LogP contribution >= 0.6 is 0 Å². The van der Waals surface area contributed by atoms with E-state index in [0.29, 0.717) is 5.89 Å². The summed E-state index contributed by atoms with van der Waals surface area (Å²) in [6.45, 7) is 5.49. The molecule has 0 aliphatic carbocycles. The fourth-order valence-corrected chi connectivity index (χ4v) is 1.12. The lowest BCUT2D eigenvalue weighted by atomic mass is 10.0. The van der Waals surface area contributed by atoms with Crippen molar-refractivity contribution in [2.24, 2.45) is 5.92 Å². The van der Waals surface area contributed by atoms with Crippen LogP contribution < -0.4 is 5.32 Å². The lowest BCUT2D eigenvalue weighted by molar-refractivity contribution is -0.120. The number of nitrogens with zero attached hydrogens (tertiary/aromatic N) is 1. The summed E-state index contributed by atoms with van der Waals surface area (Å²) in [5.41, 5.74) is 0. The second kappa shape index (κ2) is 4.07. The van der Waals surface area contributed by atoms with Crippen LogP contribution in [0, 0.1) is 5.92 Å². The van der Waals surface area contributed by atoms with E-state index in [4.69, 9.17) is 4.42 Å². The Kier molecular flexibility index (Phi) is 3.06. The zero-order valence-electron chi connectivity index (χ0n) is 8.07. The van der Waals surface area contributed by atoms with Crippen molar-refractivity contribution in [2.45, 2.75) is 26.8 Å². The van der Waals surface area contributed by atoms with Gasteiger partial charge in [0.25, 0.3) is 0 Å². The van der Waals surface area contributed by atoms with Gasteiger partial charge in [0.05, 0.1) is 6.20 Å². The lowest BCUT2D eigenvalue weighted by Gasteiger charge is -2.17. The highest BCUT2D eigenvalue weighted by Gasteiger charge is 2.20. The molecule has 0 aliphatic heterocycles. The summed E-state index contributed by atoms with van der Waals surface area (Å²) in [6.07, 6.45) is 3.08. The molecule has 4 nitrogen and oxygen atoms in total. The quantitative estimate of drug-likeness (QED) is 0.770. The average Bonchev–Trinajstić information content (AvgIpc) is 2.50. The normalized spacial score (nSPS) is 12.9. The van der Waals surface area contributed by atoms with Gasteiger partial charge in [0.1, 0.15) is 12.3 Å². The fourth-order valence-electron chi connectivity index (χ4n) is 1.12. The van der Waals surface area contributed by atoms with Gasteiger partial charge in [-0.3, -0.25) is 4.79 Å². The lowest BCUT2D eigenvalue weighted by Crippen LogP contribution is -2.29. The van der Waals surface area contributed by atoms with Gasteiger partial charge in [-0.15, -0.1) is 0 Å². The monoisotopic (exact) mass is 182 g/mol. The van der Waals surface area contributed by atoms with Gasteiger partial charge in [-0.25, -0.2) is 4.98 Å². The third-order valence-electron chi connectivity index (χ3n) is 1.74. The van der Waals surface area contributed by atoms with Crippen molar-refractivity contribution in [3.63, 3.8) is 0 Å². The van der Waals surface area contributed by atoms with Crippen LogP contribution in [-0.2, 0) is 4.79 Å². The van der Waals surface area contributed by atoms with E-state index in [-0.39, 0.29) is 17.9 Å². The number of nitrogens with one attached hydrogen (secondary N) is 1. The second-order valence-corrected chi connectivity index (χ2v) is 3.29. The highest BCUT2D eigenvalue weighted by atomic mass is 16.3. The topological polar surface area (TPSA) is 55.1 Å². The highest BCUT2D eigenvalue weighted by molar-refractivity contribution is 5.73. The number of aromatic nitrogens is 1. The molecular weight excluding hydrogens is 168 g/mol. The minimum Gasteiger partial charge on any atom is -0.447 e. The van der Waals surface area contributed by atoms with Gasteiger partial charge in [0.2, 0.25) is 11.8 Å². The minimum atomic E-state index is -0.132. The van der Waals surface area contributed by atoms with E-state index in [1.807, 2.05) is 13.8 Å². The van der Waals surface area contributed by atoms with Gasteiger partial charge in [-0.1, -0.05) is 13.8 Å². The van der Waals surface area contributed by atoms with Crippen molar-refractivity contribution in [1.82, 2.24) is 10.3 Å². The van der Waals surface area contributed by atoms with E-state index >= 15 is 0 Å². The van der Waals surface area contributed by atoms with E-state index in [2.05, 4.69) is 10.3 Å². The van der Waals surface area contributed by atoms with Crippen LogP contribution in [0.15, 0.2) is 16.9 Å². The first-order valence-electron chi connectivity index (χ1n) is 4.27. The maximum atomic E-state index is 10.9.